The fraction of sp³-hybridized carbons (Fsp3) is 0.308. The summed E-state index contributed by atoms with van der Waals surface area (Å²) < 4.78 is 13.9. The molecule has 0 atom stereocenters. The maximum absolute atomic E-state index is 13.9. The summed E-state index contributed by atoms with van der Waals surface area (Å²) in [4.78, 5) is 4.45. The molecule has 0 amide bonds. The number of hydrogen-bond acceptors (Lipinski definition) is 2. The molecular weight excluding hydrogens is 239 g/mol. The van der Waals surface area contributed by atoms with Gasteiger partial charge in [0, 0.05) is 12.7 Å². The Morgan fingerprint density at radius 3 is 2.71 bits per heavy atom. The summed E-state index contributed by atoms with van der Waals surface area (Å²) in [6.07, 6.45) is 0.795. The highest BCUT2D eigenvalue weighted by Gasteiger charge is 2.15. The van der Waals surface area contributed by atoms with E-state index < -0.39 is 0 Å². The smallest absolute Gasteiger partial charge is 0.134 e. The van der Waals surface area contributed by atoms with Crippen molar-refractivity contribution in [3.63, 3.8) is 0 Å². The molecule has 0 saturated heterocycles. The third kappa shape index (κ3) is 1.84. The minimum atomic E-state index is -0.299. The topological polar surface area (TPSA) is 24.9 Å². The van der Waals surface area contributed by atoms with Crippen LogP contribution in [0.5, 0.6) is 0 Å². The molecule has 1 heterocycles. The molecule has 2 nitrogen and oxygen atoms in total. The molecule has 0 radical (unpaired) electrons. The summed E-state index contributed by atoms with van der Waals surface area (Å²) in [5.41, 5.74) is 3.21. The van der Waals surface area contributed by atoms with Gasteiger partial charge in [0.25, 0.3) is 0 Å². The van der Waals surface area contributed by atoms with E-state index in [2.05, 4.69) is 10.3 Å². The van der Waals surface area contributed by atoms with Crippen LogP contribution in [0.4, 0.5) is 10.1 Å². The van der Waals surface area contributed by atoms with Gasteiger partial charge in [-0.05, 0) is 31.0 Å². The maximum Gasteiger partial charge on any atom is 0.134 e. The van der Waals surface area contributed by atoms with Gasteiger partial charge in [-0.15, -0.1) is 0 Å². The minimum Gasteiger partial charge on any atom is -0.387 e. The number of nitrogens with one attached hydrogen (secondary N) is 1. The van der Waals surface area contributed by atoms with Crippen LogP contribution in [0.1, 0.15) is 18.2 Å². The fourth-order valence-electron chi connectivity index (χ4n) is 2.10. The minimum absolute atomic E-state index is 0.299. The second-order valence-corrected chi connectivity index (χ2v) is 4.32. The Morgan fingerprint density at radius 1 is 1.41 bits per heavy atom. The van der Waals surface area contributed by atoms with Gasteiger partial charge in [-0.1, -0.05) is 18.5 Å². The summed E-state index contributed by atoms with van der Waals surface area (Å²) >= 11 is 6.08. The van der Waals surface area contributed by atoms with Gasteiger partial charge < -0.3 is 5.32 Å². The molecule has 90 valence electrons. The van der Waals surface area contributed by atoms with Crippen molar-refractivity contribution in [2.24, 2.45) is 0 Å². The van der Waals surface area contributed by atoms with Crippen molar-refractivity contribution < 1.29 is 4.39 Å². The quantitative estimate of drug-likeness (QED) is 0.876. The van der Waals surface area contributed by atoms with Crippen LogP contribution in [-0.2, 0) is 6.42 Å². The number of halogens is 2. The first kappa shape index (κ1) is 12.1. The average molecular weight is 253 g/mol. The molecule has 0 aliphatic carbocycles. The lowest BCUT2D eigenvalue weighted by Crippen LogP contribution is -2.02. The highest BCUT2D eigenvalue weighted by Crippen LogP contribution is 2.33. The SMILES string of the molecule is CCc1nc2c(Cl)ccc(F)c2c(NC)c1C. The zero-order chi connectivity index (χ0) is 12.6. The van der Waals surface area contributed by atoms with Crippen LogP contribution in [0.25, 0.3) is 10.9 Å². The normalized spacial score (nSPS) is 10.9. The number of hydrogen-bond donors (Lipinski definition) is 1. The molecule has 1 aromatic heterocycles. The maximum atomic E-state index is 13.9. The average Bonchev–Trinajstić information content (AvgIpc) is 2.33. The van der Waals surface area contributed by atoms with Crippen LogP contribution in [0.3, 0.4) is 0 Å². The monoisotopic (exact) mass is 252 g/mol. The Morgan fingerprint density at radius 2 is 2.12 bits per heavy atom. The molecule has 17 heavy (non-hydrogen) atoms. The molecule has 0 spiro atoms. The number of nitrogens with zero attached hydrogens (tertiary/aromatic N) is 1. The van der Waals surface area contributed by atoms with E-state index in [4.69, 9.17) is 11.6 Å². The van der Waals surface area contributed by atoms with Gasteiger partial charge in [0.05, 0.1) is 21.6 Å². The summed E-state index contributed by atoms with van der Waals surface area (Å²) in [6, 6.07) is 2.92. The van der Waals surface area contributed by atoms with E-state index in [1.54, 1.807) is 13.1 Å². The van der Waals surface area contributed by atoms with E-state index in [1.807, 2.05) is 13.8 Å². The number of benzene rings is 1. The standard InChI is InChI=1S/C13H14ClFN2/c1-4-10-7(2)12(16-3)11-9(15)6-5-8(14)13(11)17-10/h5-6H,4H2,1-3H3,(H,16,17). The Labute approximate surface area is 105 Å². The molecule has 1 aromatic carbocycles. The molecule has 2 rings (SSSR count). The molecule has 2 aromatic rings. The first-order valence-corrected chi connectivity index (χ1v) is 5.92. The zero-order valence-electron chi connectivity index (χ0n) is 10.1. The largest absolute Gasteiger partial charge is 0.387 e. The Bertz CT molecular complexity index is 581. The van der Waals surface area contributed by atoms with Crippen molar-refractivity contribution in [2.45, 2.75) is 20.3 Å². The van der Waals surface area contributed by atoms with Crippen LogP contribution in [0.15, 0.2) is 12.1 Å². The molecule has 0 saturated carbocycles. The fourth-order valence-corrected chi connectivity index (χ4v) is 2.30. The van der Waals surface area contributed by atoms with E-state index in [0.29, 0.717) is 15.9 Å². The van der Waals surface area contributed by atoms with Crippen LogP contribution in [-0.4, -0.2) is 12.0 Å². The van der Waals surface area contributed by atoms with Gasteiger partial charge >= 0.3 is 0 Å². The lowest BCUT2D eigenvalue weighted by molar-refractivity contribution is 0.639. The number of rotatable bonds is 2. The van der Waals surface area contributed by atoms with Crippen LogP contribution in [0.2, 0.25) is 5.02 Å². The van der Waals surface area contributed by atoms with Crippen LogP contribution in [0, 0.1) is 12.7 Å². The van der Waals surface area contributed by atoms with Gasteiger partial charge in [-0.25, -0.2) is 4.39 Å². The number of anilines is 1. The van der Waals surface area contributed by atoms with Crippen molar-refractivity contribution in [1.29, 1.82) is 0 Å². The Hall–Kier alpha value is -1.35. The predicted molar refractivity (Wildman–Crippen MR) is 70.4 cm³/mol. The lowest BCUT2D eigenvalue weighted by atomic mass is 10.0. The third-order valence-electron chi connectivity index (χ3n) is 2.97. The molecule has 0 bridgehead atoms. The van der Waals surface area contributed by atoms with E-state index in [0.717, 1.165) is 23.4 Å². The third-order valence-corrected chi connectivity index (χ3v) is 3.27. The van der Waals surface area contributed by atoms with Gasteiger partial charge in [-0.3, -0.25) is 4.98 Å². The molecule has 0 aliphatic rings. The molecular formula is C13H14ClFN2. The zero-order valence-corrected chi connectivity index (χ0v) is 10.8. The van der Waals surface area contributed by atoms with Crippen molar-refractivity contribution in [3.05, 3.63) is 34.2 Å². The molecule has 0 fully saturated rings. The Balaban J connectivity index is 2.97. The second-order valence-electron chi connectivity index (χ2n) is 3.91. The summed E-state index contributed by atoms with van der Waals surface area (Å²) in [5, 5.41) is 3.99. The van der Waals surface area contributed by atoms with Crippen molar-refractivity contribution in [3.8, 4) is 0 Å². The van der Waals surface area contributed by atoms with E-state index in [-0.39, 0.29) is 5.82 Å². The van der Waals surface area contributed by atoms with Gasteiger partial charge in [0.2, 0.25) is 0 Å². The van der Waals surface area contributed by atoms with Gasteiger partial charge in [0.1, 0.15) is 5.82 Å². The predicted octanol–water partition coefficient (Wildman–Crippen LogP) is 3.94. The van der Waals surface area contributed by atoms with Crippen LogP contribution < -0.4 is 5.32 Å². The second kappa shape index (κ2) is 4.49. The van der Waals surface area contributed by atoms with E-state index in [9.17, 15) is 4.39 Å². The lowest BCUT2D eigenvalue weighted by Gasteiger charge is -2.14. The molecule has 4 heteroatoms. The number of aryl methyl sites for hydroxylation is 1. The molecule has 0 aliphatic heterocycles. The van der Waals surface area contributed by atoms with E-state index in [1.165, 1.54) is 6.07 Å². The number of pyridine rings is 1. The Kier molecular flexibility index (Phi) is 3.20. The summed E-state index contributed by atoms with van der Waals surface area (Å²) in [5.74, 6) is -0.299. The first-order valence-electron chi connectivity index (χ1n) is 5.55. The number of fused-ring (bicyclic) bond motifs is 1. The van der Waals surface area contributed by atoms with Gasteiger partial charge in [0.15, 0.2) is 0 Å². The summed E-state index contributed by atoms with van der Waals surface area (Å²) in [6.45, 7) is 3.96. The van der Waals surface area contributed by atoms with Crippen molar-refractivity contribution >= 4 is 28.2 Å². The highest BCUT2D eigenvalue weighted by molar-refractivity contribution is 6.35. The van der Waals surface area contributed by atoms with Crippen LogP contribution >= 0.6 is 11.6 Å². The van der Waals surface area contributed by atoms with E-state index >= 15 is 0 Å². The molecule has 0 unspecified atom stereocenters. The highest BCUT2D eigenvalue weighted by atomic mass is 35.5. The first-order chi connectivity index (χ1) is 8.10. The van der Waals surface area contributed by atoms with Crippen molar-refractivity contribution in [2.75, 3.05) is 12.4 Å². The molecule has 1 N–H and O–H groups in total. The van der Waals surface area contributed by atoms with Crippen molar-refractivity contribution in [1.82, 2.24) is 4.98 Å². The number of aromatic nitrogens is 1. The summed E-state index contributed by atoms with van der Waals surface area (Å²) in [7, 11) is 1.78. The van der Waals surface area contributed by atoms with Gasteiger partial charge in [-0.2, -0.15) is 0 Å².